The minimum Gasteiger partial charge on any atom is -0.489 e. The highest BCUT2D eigenvalue weighted by molar-refractivity contribution is 7.87. The average Bonchev–Trinajstić information content (AvgIpc) is 0.799. The van der Waals surface area contributed by atoms with Gasteiger partial charge in [0.25, 0.3) is 0 Å². The fourth-order valence-corrected chi connectivity index (χ4v) is 16.5. The number of nitrogens with zero attached hydrogens (tertiary/aromatic N) is 4. The van der Waals surface area contributed by atoms with E-state index in [9.17, 15) is 27.6 Å². The molecule has 0 saturated carbocycles. The van der Waals surface area contributed by atoms with Crippen molar-refractivity contribution in [2.24, 2.45) is 0 Å². The molecule has 0 N–H and O–H groups in total. The van der Waals surface area contributed by atoms with Crippen molar-refractivity contribution in [3.63, 3.8) is 0 Å². The maximum Gasteiger partial charge on any atom is 0.336 e. The third kappa shape index (κ3) is 20.9. The molecule has 0 unspecified atom stereocenters. The summed E-state index contributed by atoms with van der Waals surface area (Å²) in [5, 5.41) is 3.51. The molecule has 0 aliphatic rings. The summed E-state index contributed by atoms with van der Waals surface area (Å²) in [5.74, 6) is 1.18. The Morgan fingerprint density at radius 3 is 0.818 bits per heavy atom. The van der Waals surface area contributed by atoms with Crippen LogP contribution in [-0.2, 0) is 49.5 Å². The molecule has 11 rings (SSSR count). The number of rotatable bonds is 39. The number of ether oxygens (including phenoxy) is 2. The van der Waals surface area contributed by atoms with Crippen molar-refractivity contribution in [2.45, 2.75) is 219 Å². The third-order valence-corrected chi connectivity index (χ3v) is 22.6. The predicted octanol–water partition coefficient (Wildman–Crippen LogP) is 21.0. The molecule has 0 atom stereocenters. The number of unbranched alkanes of at least 4 members (excludes halogenated alkanes) is 13. The van der Waals surface area contributed by atoms with Crippen LogP contribution in [0.3, 0.4) is 0 Å². The van der Waals surface area contributed by atoms with Gasteiger partial charge in [-0.2, -0.15) is 8.42 Å². The Balaban J connectivity index is 0.918. The lowest BCUT2D eigenvalue weighted by Gasteiger charge is -2.28. The van der Waals surface area contributed by atoms with Gasteiger partial charge in [-0.1, -0.05) is 103 Å². The number of aryl methyl sites for hydroxylation is 8. The summed E-state index contributed by atoms with van der Waals surface area (Å²) >= 11 is 0. The quantitative estimate of drug-likeness (QED) is 0.0200. The van der Waals surface area contributed by atoms with E-state index in [0.717, 1.165) is 137 Å². The van der Waals surface area contributed by atoms with Crippen LogP contribution in [0, 0.1) is 55.4 Å². The van der Waals surface area contributed by atoms with Crippen LogP contribution in [0.5, 0.6) is 17.2 Å². The van der Waals surface area contributed by atoms with Crippen molar-refractivity contribution in [1.82, 2.24) is 0 Å². The van der Waals surface area contributed by atoms with Crippen LogP contribution in [0.25, 0.3) is 43.9 Å². The number of fused-ring (bicyclic) bond motifs is 4. The summed E-state index contributed by atoms with van der Waals surface area (Å²) in [5.41, 5.74) is 16.7. The Morgan fingerprint density at radius 1 is 0.291 bits per heavy atom. The first-order valence-electron chi connectivity index (χ1n) is 39.6. The summed E-state index contributed by atoms with van der Waals surface area (Å²) in [7, 11) is -4.05. The van der Waals surface area contributed by atoms with Crippen LogP contribution in [0.15, 0.2) is 164 Å². The fourth-order valence-electron chi connectivity index (χ4n) is 15.5. The van der Waals surface area contributed by atoms with Crippen molar-refractivity contribution in [3.05, 3.63) is 247 Å². The van der Waals surface area contributed by atoms with Gasteiger partial charge in [0, 0.05) is 145 Å². The number of hydrogen-bond donors (Lipinski definition) is 0. The Hall–Kier alpha value is -10.1. The van der Waals surface area contributed by atoms with E-state index in [1.165, 1.54) is 82.1 Å². The maximum atomic E-state index is 14.2. The van der Waals surface area contributed by atoms with Crippen LogP contribution < -0.4 is 55.8 Å². The second kappa shape index (κ2) is 37.1. The molecule has 4 heterocycles. The molecule has 0 spiro atoms. The molecule has 11 aromatic rings. The van der Waals surface area contributed by atoms with Gasteiger partial charge < -0.3 is 50.9 Å². The molecule has 18 heteroatoms. The molecule has 4 aromatic heterocycles. The summed E-state index contributed by atoms with van der Waals surface area (Å²) in [4.78, 5) is 59.8. The van der Waals surface area contributed by atoms with E-state index in [1.807, 2.05) is 82.3 Å². The molecule has 0 bridgehead atoms. The van der Waals surface area contributed by atoms with Crippen molar-refractivity contribution >= 4 is 76.7 Å². The molecule has 582 valence electrons. The highest BCUT2D eigenvalue weighted by Crippen LogP contribution is 2.37. The van der Waals surface area contributed by atoms with Crippen LogP contribution in [0.2, 0.25) is 0 Å². The smallest absolute Gasteiger partial charge is 0.336 e. The SMILES string of the molecule is CCCCCCCCCCCCCCCCS(=O)(=O)Oc1cc(COc2cc(CN(CC)c3cc4oc(=O)cc(C)c4cc3C)cc(CN(CC)c3cc4oc(=O)cc(C)c4cc3C)c2)cc(COc2cc(CN(CC)c3cc4oc(=O)cc(C)c4cc3C)cc(CN(CC)c3cc4oc(=O)cc(C)c4cc3C)c2)c1. The van der Waals surface area contributed by atoms with Gasteiger partial charge in [0.15, 0.2) is 0 Å². The molecule has 0 aliphatic carbocycles. The Labute approximate surface area is 647 Å². The van der Waals surface area contributed by atoms with E-state index >= 15 is 0 Å². The highest BCUT2D eigenvalue weighted by atomic mass is 32.2. The summed E-state index contributed by atoms with van der Waals surface area (Å²) in [6, 6.07) is 40.1. The summed E-state index contributed by atoms with van der Waals surface area (Å²) in [6.45, 7) is 31.0. The zero-order valence-electron chi connectivity index (χ0n) is 66.8. The van der Waals surface area contributed by atoms with E-state index in [0.29, 0.717) is 104 Å². The minimum atomic E-state index is -4.05. The van der Waals surface area contributed by atoms with E-state index < -0.39 is 32.6 Å². The molecular weight excluding hydrogens is 1400 g/mol. The van der Waals surface area contributed by atoms with Gasteiger partial charge in [-0.3, -0.25) is 0 Å². The zero-order valence-corrected chi connectivity index (χ0v) is 67.6. The lowest BCUT2D eigenvalue weighted by atomic mass is 10.0. The molecular formula is C92H110N4O13S. The fraction of sp³-hybridized carbons (Fsp3) is 0.413. The molecule has 0 radical (unpaired) electrons. The van der Waals surface area contributed by atoms with Crippen LogP contribution in [-0.4, -0.2) is 40.3 Å². The number of benzene rings is 7. The zero-order chi connectivity index (χ0) is 78.3. The Morgan fingerprint density at radius 2 is 0.545 bits per heavy atom. The van der Waals surface area contributed by atoms with Crippen molar-refractivity contribution in [2.75, 3.05) is 51.5 Å². The molecule has 110 heavy (non-hydrogen) atoms. The molecule has 7 aromatic carbocycles. The van der Waals surface area contributed by atoms with E-state index in [-0.39, 0.29) is 24.7 Å². The van der Waals surface area contributed by atoms with Gasteiger partial charge in [0.05, 0.1) is 5.75 Å². The number of anilines is 4. The van der Waals surface area contributed by atoms with Crippen molar-refractivity contribution < 1.29 is 39.7 Å². The first kappa shape index (κ1) is 80.9. The predicted molar refractivity (Wildman–Crippen MR) is 447 cm³/mol. The maximum absolute atomic E-state index is 14.2. The highest BCUT2D eigenvalue weighted by Gasteiger charge is 2.22. The van der Waals surface area contributed by atoms with Crippen LogP contribution in [0.1, 0.15) is 202 Å². The topological polar surface area (TPSA) is 196 Å². The molecule has 0 amide bonds. The van der Waals surface area contributed by atoms with Gasteiger partial charge >= 0.3 is 32.6 Å². The number of hydrogen-bond acceptors (Lipinski definition) is 17. The largest absolute Gasteiger partial charge is 0.489 e. The van der Waals surface area contributed by atoms with Crippen LogP contribution in [0.4, 0.5) is 22.7 Å². The van der Waals surface area contributed by atoms with Crippen molar-refractivity contribution in [3.8, 4) is 17.2 Å². The lowest BCUT2D eigenvalue weighted by molar-refractivity contribution is 0.298. The van der Waals surface area contributed by atoms with Gasteiger partial charge in [-0.05, 0) is 234 Å². The van der Waals surface area contributed by atoms with E-state index in [4.69, 9.17) is 31.3 Å². The minimum absolute atomic E-state index is 0.0269. The molecule has 0 saturated heterocycles. The van der Waals surface area contributed by atoms with Crippen LogP contribution >= 0.6 is 0 Å². The second-order valence-electron chi connectivity index (χ2n) is 30.1. The van der Waals surface area contributed by atoms with Gasteiger partial charge in [-0.25, -0.2) is 19.2 Å². The Bertz CT molecular complexity index is 4890. The molecule has 0 fully saturated rings. The summed E-state index contributed by atoms with van der Waals surface area (Å²) in [6.07, 6.45) is 16.0. The Kier molecular flexibility index (Phi) is 27.3. The molecule has 17 nitrogen and oxygen atoms in total. The summed E-state index contributed by atoms with van der Waals surface area (Å²) < 4.78 is 71.5. The monoisotopic (exact) mass is 1510 g/mol. The average molecular weight is 1510 g/mol. The van der Waals surface area contributed by atoms with E-state index in [2.05, 4.69) is 118 Å². The molecule has 0 aliphatic heterocycles. The van der Waals surface area contributed by atoms with Gasteiger partial charge in [-0.15, -0.1) is 0 Å². The first-order valence-corrected chi connectivity index (χ1v) is 41.2. The standard InChI is InChI=1S/C92H110N4O13S/c1-14-19-20-21-22-23-24-25-26-27-28-29-30-31-32-110(101,102)109-76-48-72(58-103-74-44-68(54-93(15-2)81-50-85-77(33-64(81)10)60(6)37-89(97)105-85)41-69(45-74)55-94(16-3)82-51-86-78(34-65(82)11)61(7)38-90(98)106-86)43-73(49-76)59-104-75-46-70(56-95(17-4)83-52-87-79(35-66(83)12)62(8)39-91(99)107-87)42-71(47-75)57-96(18-5)84-53-88-80(36-67(84)13)63(9)40-92(100)108-88/h33-53H,14-32,54-59H2,1-13H3. The second-order valence-corrected chi connectivity index (χ2v) is 31.8. The lowest BCUT2D eigenvalue weighted by Crippen LogP contribution is -2.24. The first-order chi connectivity index (χ1) is 52.9. The van der Waals surface area contributed by atoms with E-state index in [1.54, 1.807) is 12.1 Å². The van der Waals surface area contributed by atoms with Gasteiger partial charge in [0.1, 0.15) is 52.8 Å². The van der Waals surface area contributed by atoms with Gasteiger partial charge in [0.2, 0.25) is 0 Å². The normalized spacial score (nSPS) is 11.7. The van der Waals surface area contributed by atoms with Crippen molar-refractivity contribution in [1.29, 1.82) is 0 Å². The third-order valence-electron chi connectivity index (χ3n) is 21.3.